The average Bonchev–Trinajstić information content (AvgIpc) is 3.07. The number of amides is 1. The van der Waals surface area contributed by atoms with E-state index in [1.165, 1.54) is 11.8 Å². The Morgan fingerprint density at radius 3 is 2.66 bits per heavy atom. The molecule has 0 aliphatic carbocycles. The Morgan fingerprint density at radius 2 is 1.90 bits per heavy atom. The molecule has 0 bridgehead atoms. The Hall–Kier alpha value is -1.67. The van der Waals surface area contributed by atoms with Gasteiger partial charge in [-0.3, -0.25) is 4.79 Å². The van der Waals surface area contributed by atoms with Gasteiger partial charge in [0.25, 0.3) is 0 Å². The zero-order valence-corrected chi connectivity index (χ0v) is 18.9. The van der Waals surface area contributed by atoms with Gasteiger partial charge >= 0.3 is 0 Å². The molecule has 152 valence electrons. The molecule has 5 nitrogen and oxygen atoms in total. The van der Waals surface area contributed by atoms with Crippen LogP contribution in [0.5, 0.6) is 0 Å². The van der Waals surface area contributed by atoms with Crippen LogP contribution < -0.4 is 5.32 Å². The molecule has 2 aromatic carbocycles. The van der Waals surface area contributed by atoms with Gasteiger partial charge in [0.15, 0.2) is 5.16 Å². The van der Waals surface area contributed by atoms with Crippen molar-refractivity contribution in [3.63, 3.8) is 0 Å². The van der Waals surface area contributed by atoms with Gasteiger partial charge in [0.1, 0.15) is 5.82 Å². The number of thioether (sulfide) groups is 2. The van der Waals surface area contributed by atoms with Crippen molar-refractivity contribution in [2.45, 2.75) is 23.2 Å². The second-order valence-electron chi connectivity index (χ2n) is 6.24. The molecule has 3 rings (SSSR count). The quantitative estimate of drug-likeness (QED) is 0.451. The van der Waals surface area contributed by atoms with Crippen LogP contribution in [0.25, 0.3) is 0 Å². The van der Waals surface area contributed by atoms with E-state index in [9.17, 15) is 4.79 Å². The third-order valence-electron chi connectivity index (χ3n) is 4.09. The zero-order chi connectivity index (χ0) is 20.6. The molecule has 0 aliphatic heterocycles. The SMILES string of the molecule is Cn1c(CSCc2ccc(Cl)cc2Cl)nnc1SCC(=O)NCc1ccccc1. The number of hydrogen-bond acceptors (Lipinski definition) is 5. The van der Waals surface area contributed by atoms with E-state index in [0.29, 0.717) is 28.1 Å². The summed E-state index contributed by atoms with van der Waals surface area (Å²) in [6, 6.07) is 15.3. The van der Waals surface area contributed by atoms with E-state index in [1.807, 2.05) is 54.1 Å². The van der Waals surface area contributed by atoms with Crippen molar-refractivity contribution >= 4 is 52.6 Å². The predicted octanol–water partition coefficient (Wildman–Crippen LogP) is 4.96. The normalized spacial score (nSPS) is 10.9. The van der Waals surface area contributed by atoms with Crippen LogP contribution in [0, 0.1) is 0 Å². The lowest BCUT2D eigenvalue weighted by atomic mass is 10.2. The number of benzene rings is 2. The summed E-state index contributed by atoms with van der Waals surface area (Å²) in [5.41, 5.74) is 2.11. The lowest BCUT2D eigenvalue weighted by Crippen LogP contribution is -2.24. The van der Waals surface area contributed by atoms with Crippen molar-refractivity contribution in [3.8, 4) is 0 Å². The minimum absolute atomic E-state index is 0.0323. The summed E-state index contributed by atoms with van der Waals surface area (Å²) in [6.45, 7) is 0.522. The molecule has 0 fully saturated rings. The first-order valence-corrected chi connectivity index (χ1v) is 11.8. The lowest BCUT2D eigenvalue weighted by Gasteiger charge is -2.06. The Labute approximate surface area is 188 Å². The molecule has 0 saturated heterocycles. The third-order valence-corrected chi connectivity index (χ3v) is 6.68. The molecule has 9 heteroatoms. The summed E-state index contributed by atoms with van der Waals surface area (Å²) >= 11 is 15.2. The monoisotopic (exact) mass is 466 g/mol. The Kier molecular flexibility index (Phi) is 8.29. The first-order chi connectivity index (χ1) is 14.0. The number of carbonyl (C=O) groups excluding carboxylic acids is 1. The highest BCUT2D eigenvalue weighted by Crippen LogP contribution is 2.26. The highest BCUT2D eigenvalue weighted by molar-refractivity contribution is 7.99. The summed E-state index contributed by atoms with van der Waals surface area (Å²) in [7, 11) is 1.91. The Balaban J connectivity index is 1.44. The van der Waals surface area contributed by atoms with Crippen LogP contribution in [0.15, 0.2) is 53.7 Å². The van der Waals surface area contributed by atoms with Crippen LogP contribution in [0.1, 0.15) is 17.0 Å². The van der Waals surface area contributed by atoms with E-state index in [4.69, 9.17) is 23.2 Å². The minimum Gasteiger partial charge on any atom is -0.351 e. The predicted molar refractivity (Wildman–Crippen MR) is 121 cm³/mol. The lowest BCUT2D eigenvalue weighted by molar-refractivity contribution is -0.118. The molecule has 0 spiro atoms. The van der Waals surface area contributed by atoms with E-state index >= 15 is 0 Å². The first kappa shape index (κ1) is 22.0. The number of nitrogens with zero attached hydrogens (tertiary/aromatic N) is 3. The van der Waals surface area contributed by atoms with Gasteiger partial charge in [-0.05, 0) is 23.3 Å². The van der Waals surface area contributed by atoms with Crippen LogP contribution in [-0.4, -0.2) is 26.4 Å². The Morgan fingerprint density at radius 1 is 1.10 bits per heavy atom. The van der Waals surface area contributed by atoms with E-state index in [-0.39, 0.29) is 5.91 Å². The molecule has 0 atom stereocenters. The summed E-state index contributed by atoms with van der Waals surface area (Å²) in [5.74, 6) is 2.57. The van der Waals surface area contributed by atoms with E-state index in [0.717, 1.165) is 27.9 Å². The van der Waals surface area contributed by atoms with Crippen LogP contribution in [0.3, 0.4) is 0 Å². The van der Waals surface area contributed by atoms with Gasteiger partial charge in [0.05, 0.1) is 11.5 Å². The molecule has 0 aliphatic rings. The fourth-order valence-electron chi connectivity index (χ4n) is 2.47. The maximum absolute atomic E-state index is 12.1. The van der Waals surface area contributed by atoms with Gasteiger partial charge < -0.3 is 9.88 Å². The van der Waals surface area contributed by atoms with Gasteiger partial charge in [-0.2, -0.15) is 0 Å². The molecule has 0 unspecified atom stereocenters. The van der Waals surface area contributed by atoms with Crippen LogP contribution in [0.4, 0.5) is 0 Å². The number of carbonyl (C=O) groups is 1. The molecule has 3 aromatic rings. The van der Waals surface area contributed by atoms with Gasteiger partial charge in [-0.1, -0.05) is 71.4 Å². The molecule has 1 aromatic heterocycles. The van der Waals surface area contributed by atoms with E-state index in [1.54, 1.807) is 17.8 Å². The Bertz CT molecular complexity index is 966. The molecule has 1 amide bonds. The molecule has 0 saturated carbocycles. The number of halogens is 2. The highest BCUT2D eigenvalue weighted by Gasteiger charge is 2.12. The maximum Gasteiger partial charge on any atom is 0.230 e. The molecule has 29 heavy (non-hydrogen) atoms. The van der Waals surface area contributed by atoms with Crippen molar-refractivity contribution in [3.05, 3.63) is 75.5 Å². The molecule has 1 heterocycles. The zero-order valence-electron chi connectivity index (χ0n) is 15.8. The third kappa shape index (κ3) is 6.67. The minimum atomic E-state index is -0.0323. The van der Waals surface area contributed by atoms with Crippen molar-refractivity contribution in [1.29, 1.82) is 0 Å². The van der Waals surface area contributed by atoms with Gasteiger partial charge in [0.2, 0.25) is 5.91 Å². The van der Waals surface area contributed by atoms with Gasteiger partial charge in [-0.25, -0.2) is 0 Å². The second kappa shape index (κ2) is 10.9. The van der Waals surface area contributed by atoms with Gasteiger partial charge in [0, 0.05) is 29.4 Å². The summed E-state index contributed by atoms with van der Waals surface area (Å²) in [4.78, 5) is 12.1. The van der Waals surface area contributed by atoms with Crippen LogP contribution >= 0.6 is 46.7 Å². The van der Waals surface area contributed by atoms with Crippen molar-refractivity contribution in [1.82, 2.24) is 20.1 Å². The largest absolute Gasteiger partial charge is 0.351 e. The van der Waals surface area contributed by atoms with Crippen molar-refractivity contribution in [2.75, 3.05) is 5.75 Å². The topological polar surface area (TPSA) is 59.8 Å². The first-order valence-electron chi connectivity index (χ1n) is 8.86. The van der Waals surface area contributed by atoms with Crippen LogP contribution in [-0.2, 0) is 29.9 Å². The number of rotatable bonds is 9. The number of aromatic nitrogens is 3. The standard InChI is InChI=1S/C20H20Cl2N4OS2/c1-26-18(12-28-11-15-7-8-16(21)9-17(15)22)24-25-20(26)29-13-19(27)23-10-14-5-3-2-4-6-14/h2-9H,10-13H2,1H3,(H,23,27). The summed E-state index contributed by atoms with van der Waals surface area (Å²) in [6.07, 6.45) is 0. The summed E-state index contributed by atoms with van der Waals surface area (Å²) in [5, 5.41) is 13.4. The van der Waals surface area contributed by atoms with Crippen molar-refractivity contribution < 1.29 is 4.79 Å². The maximum atomic E-state index is 12.1. The second-order valence-corrected chi connectivity index (χ2v) is 9.01. The average molecular weight is 467 g/mol. The summed E-state index contributed by atoms with van der Waals surface area (Å²) < 4.78 is 1.92. The molecule has 1 N–H and O–H groups in total. The molecule has 0 radical (unpaired) electrons. The molecular weight excluding hydrogens is 447 g/mol. The smallest absolute Gasteiger partial charge is 0.230 e. The van der Waals surface area contributed by atoms with Crippen LogP contribution in [0.2, 0.25) is 10.0 Å². The van der Waals surface area contributed by atoms with E-state index in [2.05, 4.69) is 15.5 Å². The fraction of sp³-hybridized carbons (Fsp3) is 0.250. The number of hydrogen-bond donors (Lipinski definition) is 1. The van der Waals surface area contributed by atoms with Crippen molar-refractivity contribution in [2.24, 2.45) is 7.05 Å². The van der Waals surface area contributed by atoms with Gasteiger partial charge in [-0.15, -0.1) is 22.0 Å². The molecular formula is C20H20Cl2N4OS2. The van der Waals surface area contributed by atoms with E-state index < -0.39 is 0 Å². The fourth-order valence-corrected chi connectivity index (χ4v) is 4.79. The number of nitrogens with one attached hydrogen (secondary N) is 1. The highest BCUT2D eigenvalue weighted by atomic mass is 35.5.